The van der Waals surface area contributed by atoms with Crippen LogP contribution in [0.25, 0.3) is 0 Å². The molecule has 0 aromatic heterocycles. The summed E-state index contributed by atoms with van der Waals surface area (Å²) in [6, 6.07) is 14.7. The molecule has 2 aliphatic heterocycles. The maximum atomic E-state index is 14.1. The van der Waals surface area contributed by atoms with Crippen LogP contribution in [0.1, 0.15) is 87.3 Å². The molecule has 1 saturated heterocycles. The van der Waals surface area contributed by atoms with Gasteiger partial charge in [0.25, 0.3) is 0 Å². The molecule has 3 N–H and O–H groups in total. The number of amides is 4. The summed E-state index contributed by atoms with van der Waals surface area (Å²) in [4.78, 5) is 69.6. The zero-order chi connectivity index (χ0) is 35.7. The number of hydrogen-bond acceptors (Lipinski definition) is 6. The van der Waals surface area contributed by atoms with Crippen molar-refractivity contribution in [3.63, 3.8) is 0 Å². The molecule has 4 amide bonds. The van der Waals surface area contributed by atoms with Crippen LogP contribution in [0.4, 0.5) is 0 Å². The number of ether oxygens (including phenoxy) is 1. The number of carbonyl (C=O) groups is 5. The van der Waals surface area contributed by atoms with Crippen LogP contribution in [0.3, 0.4) is 0 Å². The molecule has 2 aromatic rings. The fourth-order valence-electron chi connectivity index (χ4n) is 8.63. The van der Waals surface area contributed by atoms with Crippen molar-refractivity contribution < 1.29 is 28.7 Å². The number of benzene rings is 2. The molecule has 2 heterocycles. The van der Waals surface area contributed by atoms with E-state index in [4.69, 9.17) is 4.74 Å². The van der Waals surface area contributed by atoms with E-state index in [1.807, 2.05) is 60.4 Å². The van der Waals surface area contributed by atoms with Gasteiger partial charge in [-0.25, -0.2) is 0 Å². The van der Waals surface area contributed by atoms with Crippen LogP contribution in [-0.2, 0) is 36.9 Å². The molecule has 0 radical (unpaired) electrons. The second-order valence-corrected chi connectivity index (χ2v) is 15.3. The summed E-state index contributed by atoms with van der Waals surface area (Å²) in [6.45, 7) is 4.15. The minimum Gasteiger partial charge on any atom is -0.494 e. The topological polar surface area (TPSA) is 134 Å². The van der Waals surface area contributed by atoms with Crippen LogP contribution in [0.2, 0.25) is 0 Å². The molecule has 2 aliphatic carbocycles. The summed E-state index contributed by atoms with van der Waals surface area (Å²) >= 11 is 0. The first-order chi connectivity index (χ1) is 24.7. The summed E-state index contributed by atoms with van der Waals surface area (Å²) in [7, 11) is 0. The van der Waals surface area contributed by atoms with Gasteiger partial charge >= 0.3 is 0 Å². The van der Waals surface area contributed by atoms with Gasteiger partial charge in [0.2, 0.25) is 23.6 Å². The van der Waals surface area contributed by atoms with E-state index in [2.05, 4.69) is 16.0 Å². The first-order valence-electron chi connectivity index (χ1n) is 19.1. The lowest BCUT2D eigenvalue weighted by molar-refractivity contribution is -0.137. The van der Waals surface area contributed by atoms with E-state index in [0.717, 1.165) is 61.0 Å². The van der Waals surface area contributed by atoms with Gasteiger partial charge in [0.05, 0.1) is 19.1 Å². The Morgan fingerprint density at radius 1 is 0.961 bits per heavy atom. The Morgan fingerprint density at radius 2 is 1.80 bits per heavy atom. The molecule has 10 heteroatoms. The van der Waals surface area contributed by atoms with Gasteiger partial charge in [-0.3, -0.25) is 24.0 Å². The summed E-state index contributed by atoms with van der Waals surface area (Å²) < 4.78 is 6.13. The highest BCUT2D eigenvalue weighted by molar-refractivity contribution is 5.95. The third-order valence-electron chi connectivity index (χ3n) is 11.7. The normalized spacial score (nSPS) is 27.2. The number of aryl methyl sites for hydroxylation is 2. The number of hydrogen-bond donors (Lipinski definition) is 3. The largest absolute Gasteiger partial charge is 0.494 e. The van der Waals surface area contributed by atoms with Crippen LogP contribution in [0, 0.1) is 36.5 Å². The molecule has 2 saturated carbocycles. The average molecular weight is 699 g/mol. The van der Waals surface area contributed by atoms with Crippen LogP contribution in [0.5, 0.6) is 5.75 Å². The monoisotopic (exact) mass is 698 g/mol. The number of fused-ring (bicyclic) bond motifs is 6. The van der Waals surface area contributed by atoms with E-state index < -0.39 is 17.9 Å². The van der Waals surface area contributed by atoms with Crippen LogP contribution in [0.15, 0.2) is 48.5 Å². The highest BCUT2D eigenvalue weighted by atomic mass is 16.5. The minimum absolute atomic E-state index is 0.00660. The number of nitrogens with one attached hydrogen (secondary N) is 3. The molecule has 6 atom stereocenters. The minimum atomic E-state index is -1.07. The second-order valence-electron chi connectivity index (χ2n) is 15.3. The SMILES string of the molecule is Cc1ccc2cc1CNC(=O)[C@H](CCc1ccccc1)CC(=O)[C@@H](NC(=O)CCNC(=O)C1CC3CCC1C3)CC(=O)N1CCCC(CCO2)C1. The molecule has 4 unspecified atom stereocenters. The van der Waals surface area contributed by atoms with Gasteiger partial charge in [0.1, 0.15) is 5.75 Å². The lowest BCUT2D eigenvalue weighted by Crippen LogP contribution is -2.48. The first-order valence-corrected chi connectivity index (χ1v) is 19.1. The zero-order valence-electron chi connectivity index (χ0n) is 30.0. The Balaban J connectivity index is 1.17. The highest BCUT2D eigenvalue weighted by Crippen LogP contribution is 2.48. The van der Waals surface area contributed by atoms with Crippen LogP contribution in [-0.4, -0.2) is 66.6 Å². The third-order valence-corrected chi connectivity index (χ3v) is 11.7. The predicted octanol–water partition coefficient (Wildman–Crippen LogP) is 4.66. The number of carbonyl (C=O) groups excluding carboxylic acids is 5. The van der Waals surface area contributed by atoms with Gasteiger partial charge < -0.3 is 25.6 Å². The maximum absolute atomic E-state index is 14.1. The van der Waals surface area contributed by atoms with Gasteiger partial charge in [0.15, 0.2) is 5.78 Å². The Hall–Kier alpha value is -4.21. The summed E-state index contributed by atoms with van der Waals surface area (Å²) in [5.74, 6) is 0.328. The van der Waals surface area contributed by atoms with Crippen molar-refractivity contribution in [2.75, 3.05) is 26.2 Å². The van der Waals surface area contributed by atoms with E-state index >= 15 is 0 Å². The van der Waals surface area contributed by atoms with Gasteiger partial charge in [-0.15, -0.1) is 0 Å². The highest BCUT2D eigenvalue weighted by Gasteiger charge is 2.43. The molecule has 10 nitrogen and oxygen atoms in total. The predicted molar refractivity (Wildman–Crippen MR) is 193 cm³/mol. The smallest absolute Gasteiger partial charge is 0.225 e. The van der Waals surface area contributed by atoms with Gasteiger partial charge in [-0.2, -0.15) is 0 Å². The quantitative estimate of drug-likeness (QED) is 0.368. The van der Waals surface area contributed by atoms with E-state index in [1.165, 1.54) is 6.42 Å². The molecule has 4 aliphatic rings. The molecule has 6 rings (SSSR count). The van der Waals surface area contributed by atoms with Crippen molar-refractivity contribution in [3.05, 3.63) is 65.2 Å². The van der Waals surface area contributed by atoms with Gasteiger partial charge in [-0.1, -0.05) is 42.8 Å². The second kappa shape index (κ2) is 17.3. The number of Topliss-reactive ketones (excluding diaryl/α,β-unsaturated/α-hetero) is 1. The van der Waals surface area contributed by atoms with E-state index in [-0.39, 0.29) is 61.1 Å². The molecular formula is C41H54N4O6. The zero-order valence-corrected chi connectivity index (χ0v) is 30.0. The van der Waals surface area contributed by atoms with E-state index in [1.54, 1.807) is 0 Å². The van der Waals surface area contributed by atoms with Crippen molar-refractivity contribution in [1.29, 1.82) is 0 Å². The number of rotatable bonds is 8. The Kier molecular flexibility index (Phi) is 12.4. The first kappa shape index (κ1) is 36.6. The van der Waals surface area contributed by atoms with Crippen LogP contribution >= 0.6 is 0 Å². The van der Waals surface area contributed by atoms with Gasteiger partial charge in [0, 0.05) is 50.9 Å². The van der Waals surface area contributed by atoms with E-state index in [0.29, 0.717) is 50.9 Å². The van der Waals surface area contributed by atoms with E-state index in [9.17, 15) is 24.0 Å². The van der Waals surface area contributed by atoms with Crippen molar-refractivity contribution in [3.8, 4) is 5.75 Å². The van der Waals surface area contributed by atoms with Crippen molar-refractivity contribution in [1.82, 2.24) is 20.9 Å². The molecule has 2 aromatic carbocycles. The fraction of sp³-hybridized carbons (Fsp3) is 0.585. The third kappa shape index (κ3) is 9.98. The molecule has 51 heavy (non-hydrogen) atoms. The Labute approximate surface area is 301 Å². The molecule has 0 spiro atoms. The summed E-state index contributed by atoms with van der Waals surface area (Å²) in [6.07, 6.45) is 7.77. The molecule has 274 valence electrons. The van der Waals surface area contributed by atoms with Gasteiger partial charge in [-0.05, 0) is 105 Å². The lowest BCUT2D eigenvalue weighted by Gasteiger charge is -2.34. The summed E-state index contributed by atoms with van der Waals surface area (Å²) in [5, 5.41) is 8.85. The van der Waals surface area contributed by atoms with Crippen molar-refractivity contribution >= 4 is 29.4 Å². The van der Waals surface area contributed by atoms with Crippen molar-refractivity contribution in [2.45, 2.75) is 96.6 Å². The molecule has 3 fully saturated rings. The number of piperidine rings is 1. The van der Waals surface area contributed by atoms with Crippen molar-refractivity contribution in [2.24, 2.45) is 29.6 Å². The molecular weight excluding hydrogens is 644 g/mol. The number of ketones is 1. The average Bonchev–Trinajstić information content (AvgIpc) is 3.78. The maximum Gasteiger partial charge on any atom is 0.225 e. The standard InChI is InChI=1S/C41H54N4O6/c1-27-9-14-34-22-33(27)25-43-40(49)32(13-10-28-6-3-2-4-7-28)23-37(46)36(24-39(48)45-18-5-8-29(26-45)16-19-51-34)44-38(47)15-17-42-41(50)35-21-30-11-12-31(35)20-30/h2-4,6-7,9,14,22,29-32,35-36H,5,8,10-13,15-21,23-26H2,1H3,(H,42,50)(H,43,49)(H,44,47)/t29?,30?,31?,32-,35?,36+/m1/s1. The molecule has 6 bridgehead atoms. The van der Waals surface area contributed by atoms with Crippen LogP contribution < -0.4 is 20.7 Å². The lowest BCUT2D eigenvalue weighted by atomic mass is 9.88. The summed E-state index contributed by atoms with van der Waals surface area (Å²) in [5.41, 5.74) is 3.04. The Morgan fingerprint density at radius 3 is 2.59 bits per heavy atom. The number of nitrogens with zero attached hydrogens (tertiary/aromatic N) is 1. The fourth-order valence-corrected chi connectivity index (χ4v) is 8.63. The Bertz CT molecular complexity index is 1560.